The van der Waals surface area contributed by atoms with E-state index in [4.69, 9.17) is 5.84 Å². The second-order valence-electron chi connectivity index (χ2n) is 2.95. The van der Waals surface area contributed by atoms with Crippen LogP contribution in [0.5, 0.6) is 0 Å². The summed E-state index contributed by atoms with van der Waals surface area (Å²) in [6.07, 6.45) is 2.40. The summed E-state index contributed by atoms with van der Waals surface area (Å²) in [6, 6.07) is 4.60. The molecular weight excluding hydrogens is 247 g/mol. The predicted octanol–water partition coefficient (Wildman–Crippen LogP) is 2.67. The van der Waals surface area contributed by atoms with E-state index in [0.29, 0.717) is 10.9 Å². The van der Waals surface area contributed by atoms with E-state index in [2.05, 4.69) is 27.9 Å². The van der Waals surface area contributed by atoms with Crippen molar-refractivity contribution >= 4 is 15.9 Å². The molecule has 14 heavy (non-hydrogen) atoms. The molecule has 0 saturated carbocycles. The Hall–Kier alpha value is -0.710. The van der Waals surface area contributed by atoms with Crippen LogP contribution in [0.1, 0.15) is 18.0 Å². The van der Waals surface area contributed by atoms with Gasteiger partial charge >= 0.3 is 0 Å². The summed E-state index contributed by atoms with van der Waals surface area (Å²) in [5.41, 5.74) is 3.42. The van der Waals surface area contributed by atoms with Gasteiger partial charge in [-0.1, -0.05) is 22.0 Å². The van der Waals surface area contributed by atoms with Crippen molar-refractivity contribution in [2.45, 2.75) is 12.5 Å². The third-order valence-corrected chi connectivity index (χ3v) is 2.35. The molecule has 1 unspecified atom stereocenters. The summed E-state index contributed by atoms with van der Waals surface area (Å²) in [5.74, 6) is 5.08. The Bertz CT molecular complexity index is 308. The number of nitrogens with two attached hydrogens (primary N) is 1. The molecular formula is C10H12BrFN2. The maximum absolute atomic E-state index is 13.0. The summed E-state index contributed by atoms with van der Waals surface area (Å²) in [7, 11) is 0. The van der Waals surface area contributed by atoms with Gasteiger partial charge in [0.1, 0.15) is 5.82 Å². The first-order chi connectivity index (χ1) is 6.67. The van der Waals surface area contributed by atoms with Crippen LogP contribution in [-0.4, -0.2) is 0 Å². The van der Waals surface area contributed by atoms with Crippen LogP contribution >= 0.6 is 15.9 Å². The third-order valence-electron chi connectivity index (χ3n) is 1.89. The van der Waals surface area contributed by atoms with Gasteiger partial charge in [-0.15, -0.1) is 6.58 Å². The molecule has 0 radical (unpaired) electrons. The largest absolute Gasteiger partial charge is 0.271 e. The number of rotatable bonds is 4. The molecule has 0 fully saturated rings. The molecule has 0 heterocycles. The Morgan fingerprint density at radius 3 is 2.79 bits per heavy atom. The van der Waals surface area contributed by atoms with E-state index in [-0.39, 0.29) is 11.9 Å². The fourth-order valence-electron chi connectivity index (χ4n) is 1.24. The van der Waals surface area contributed by atoms with Crippen LogP contribution in [0.25, 0.3) is 0 Å². The van der Waals surface area contributed by atoms with Gasteiger partial charge in [-0.2, -0.15) is 0 Å². The summed E-state index contributed by atoms with van der Waals surface area (Å²) < 4.78 is 13.7. The number of hydrazine groups is 1. The van der Waals surface area contributed by atoms with Gasteiger partial charge in [0.05, 0.1) is 0 Å². The highest BCUT2D eigenvalue weighted by molar-refractivity contribution is 9.10. The molecule has 3 N–H and O–H groups in total. The number of hydrogen-bond donors (Lipinski definition) is 2. The third kappa shape index (κ3) is 2.90. The maximum atomic E-state index is 13.0. The van der Waals surface area contributed by atoms with Crippen LogP contribution in [0, 0.1) is 5.82 Å². The standard InChI is InChI=1S/C10H12BrFN2/c1-2-3-10(14-13)7-4-8(11)6-9(12)5-7/h2,4-6,10,14H,1,3,13H2. The first-order valence-electron chi connectivity index (χ1n) is 4.20. The van der Waals surface area contributed by atoms with Crippen molar-refractivity contribution in [2.75, 3.05) is 0 Å². The maximum Gasteiger partial charge on any atom is 0.124 e. The Labute approximate surface area is 91.1 Å². The number of hydrogen-bond acceptors (Lipinski definition) is 2. The molecule has 76 valence electrons. The van der Waals surface area contributed by atoms with E-state index in [0.717, 1.165) is 5.56 Å². The number of halogens is 2. The second kappa shape index (κ2) is 5.24. The molecule has 0 spiro atoms. The number of benzene rings is 1. The average molecular weight is 259 g/mol. The zero-order valence-electron chi connectivity index (χ0n) is 7.63. The van der Waals surface area contributed by atoms with Gasteiger partial charge in [-0.3, -0.25) is 11.3 Å². The molecule has 1 rings (SSSR count). The van der Waals surface area contributed by atoms with Crippen LogP contribution in [0.2, 0.25) is 0 Å². The van der Waals surface area contributed by atoms with Gasteiger partial charge in [-0.25, -0.2) is 4.39 Å². The first-order valence-corrected chi connectivity index (χ1v) is 4.99. The van der Waals surface area contributed by atoms with Crippen LogP contribution in [0.3, 0.4) is 0 Å². The monoisotopic (exact) mass is 258 g/mol. The van der Waals surface area contributed by atoms with Gasteiger partial charge in [0.15, 0.2) is 0 Å². The smallest absolute Gasteiger partial charge is 0.124 e. The Kier molecular flexibility index (Phi) is 4.25. The zero-order chi connectivity index (χ0) is 10.6. The van der Waals surface area contributed by atoms with Gasteiger partial charge in [0.2, 0.25) is 0 Å². The van der Waals surface area contributed by atoms with E-state index in [1.807, 2.05) is 6.07 Å². The van der Waals surface area contributed by atoms with E-state index in [1.165, 1.54) is 12.1 Å². The van der Waals surface area contributed by atoms with Crippen LogP contribution in [-0.2, 0) is 0 Å². The van der Waals surface area contributed by atoms with E-state index in [1.54, 1.807) is 6.08 Å². The van der Waals surface area contributed by atoms with Crippen molar-refractivity contribution in [3.05, 3.63) is 46.7 Å². The lowest BCUT2D eigenvalue weighted by atomic mass is 10.0. The number of nitrogens with one attached hydrogen (secondary N) is 1. The summed E-state index contributed by atoms with van der Waals surface area (Å²) >= 11 is 3.23. The quantitative estimate of drug-likeness (QED) is 0.495. The van der Waals surface area contributed by atoms with Gasteiger partial charge in [0.25, 0.3) is 0 Å². The van der Waals surface area contributed by atoms with Gasteiger partial charge in [0, 0.05) is 10.5 Å². The topological polar surface area (TPSA) is 38.0 Å². The molecule has 4 heteroatoms. The molecule has 0 aliphatic carbocycles. The highest BCUT2D eigenvalue weighted by atomic mass is 79.9. The Morgan fingerprint density at radius 1 is 1.57 bits per heavy atom. The summed E-state index contributed by atoms with van der Waals surface area (Å²) in [6.45, 7) is 3.62. The Morgan fingerprint density at radius 2 is 2.29 bits per heavy atom. The molecule has 0 bridgehead atoms. The fourth-order valence-corrected chi connectivity index (χ4v) is 1.73. The van der Waals surface area contributed by atoms with Crippen molar-refractivity contribution in [1.29, 1.82) is 0 Å². The minimum absolute atomic E-state index is 0.0977. The molecule has 0 aromatic heterocycles. The lowest BCUT2D eigenvalue weighted by molar-refractivity contribution is 0.552. The normalized spacial score (nSPS) is 12.5. The van der Waals surface area contributed by atoms with Gasteiger partial charge in [-0.05, 0) is 30.2 Å². The zero-order valence-corrected chi connectivity index (χ0v) is 9.22. The average Bonchev–Trinajstić information content (AvgIpc) is 2.12. The van der Waals surface area contributed by atoms with Crippen molar-refractivity contribution in [3.63, 3.8) is 0 Å². The molecule has 2 nitrogen and oxygen atoms in total. The molecule has 1 atom stereocenters. The minimum atomic E-state index is -0.279. The molecule has 1 aromatic carbocycles. The molecule has 0 amide bonds. The van der Waals surface area contributed by atoms with Crippen LogP contribution in [0.15, 0.2) is 35.3 Å². The van der Waals surface area contributed by atoms with E-state index < -0.39 is 0 Å². The van der Waals surface area contributed by atoms with E-state index in [9.17, 15) is 4.39 Å². The lowest BCUT2D eigenvalue weighted by Gasteiger charge is -2.14. The highest BCUT2D eigenvalue weighted by Crippen LogP contribution is 2.22. The molecule has 0 aliphatic heterocycles. The fraction of sp³-hybridized carbons (Fsp3) is 0.200. The summed E-state index contributed by atoms with van der Waals surface area (Å²) in [5, 5.41) is 0. The van der Waals surface area contributed by atoms with Crippen molar-refractivity contribution in [2.24, 2.45) is 5.84 Å². The van der Waals surface area contributed by atoms with Crippen molar-refractivity contribution in [1.82, 2.24) is 5.43 Å². The van der Waals surface area contributed by atoms with Gasteiger partial charge < -0.3 is 0 Å². The minimum Gasteiger partial charge on any atom is -0.271 e. The second-order valence-corrected chi connectivity index (χ2v) is 3.86. The van der Waals surface area contributed by atoms with Crippen LogP contribution < -0.4 is 11.3 Å². The Balaban J connectivity index is 2.96. The SMILES string of the molecule is C=CCC(NN)c1cc(F)cc(Br)c1. The highest BCUT2D eigenvalue weighted by Gasteiger charge is 2.09. The molecule has 1 aromatic rings. The summed E-state index contributed by atoms with van der Waals surface area (Å²) in [4.78, 5) is 0. The van der Waals surface area contributed by atoms with Crippen molar-refractivity contribution in [3.8, 4) is 0 Å². The molecule has 0 aliphatic rings. The lowest BCUT2D eigenvalue weighted by Crippen LogP contribution is -2.27. The first kappa shape index (κ1) is 11.4. The van der Waals surface area contributed by atoms with Crippen molar-refractivity contribution < 1.29 is 4.39 Å². The van der Waals surface area contributed by atoms with Crippen LogP contribution in [0.4, 0.5) is 4.39 Å². The molecule has 0 saturated heterocycles. The van der Waals surface area contributed by atoms with E-state index >= 15 is 0 Å². The predicted molar refractivity (Wildman–Crippen MR) is 59.0 cm³/mol.